The minimum atomic E-state index is -4.28. The first-order valence-electron chi connectivity index (χ1n) is 5.01. The highest BCUT2D eigenvalue weighted by Crippen LogP contribution is 2.22. The van der Waals surface area contributed by atoms with Crippen LogP contribution in [0.5, 0.6) is 0 Å². The number of carbonyl (C=O) groups excluding carboxylic acids is 1. The van der Waals surface area contributed by atoms with Gasteiger partial charge in [-0.2, -0.15) is 13.2 Å². The third-order valence-corrected chi connectivity index (χ3v) is 3.52. The molecule has 1 unspecified atom stereocenters. The second kappa shape index (κ2) is 6.23. The van der Waals surface area contributed by atoms with E-state index in [1.165, 1.54) is 6.92 Å². The van der Waals surface area contributed by atoms with E-state index >= 15 is 0 Å². The molecule has 1 N–H and O–H groups in total. The van der Waals surface area contributed by atoms with E-state index in [0.29, 0.717) is 13.6 Å². The molecule has 7 heteroatoms. The smallest absolute Gasteiger partial charge is 0.349 e. The Morgan fingerprint density at radius 3 is 2.67 bits per heavy atom. The van der Waals surface area contributed by atoms with Crippen molar-refractivity contribution in [3.63, 3.8) is 0 Å². The molecule has 1 atom stereocenters. The predicted octanol–water partition coefficient (Wildman–Crippen LogP) is 4.12. The van der Waals surface area contributed by atoms with Crippen molar-refractivity contribution in [3.05, 3.63) is 31.8 Å². The van der Waals surface area contributed by atoms with Crippen LogP contribution >= 0.6 is 38.5 Å². The van der Waals surface area contributed by atoms with E-state index in [9.17, 15) is 18.0 Å². The van der Waals surface area contributed by atoms with Gasteiger partial charge >= 0.3 is 6.18 Å². The summed E-state index contributed by atoms with van der Waals surface area (Å²) in [6.07, 6.45) is -5.32. The maximum absolute atomic E-state index is 12.1. The summed E-state index contributed by atoms with van der Waals surface area (Å²) in [6.45, 7) is 1.33. The van der Waals surface area contributed by atoms with Gasteiger partial charge in [0.05, 0.1) is 12.0 Å². The maximum atomic E-state index is 12.1. The zero-order chi connectivity index (χ0) is 13.9. The van der Waals surface area contributed by atoms with Crippen molar-refractivity contribution in [3.8, 4) is 0 Å². The summed E-state index contributed by atoms with van der Waals surface area (Å²) in [5.41, 5.74) is 0.360. The van der Waals surface area contributed by atoms with Gasteiger partial charge in [-0.1, -0.05) is 15.9 Å². The van der Waals surface area contributed by atoms with Gasteiger partial charge < -0.3 is 5.32 Å². The zero-order valence-corrected chi connectivity index (χ0v) is 13.1. The lowest BCUT2D eigenvalue weighted by Gasteiger charge is -2.16. The van der Waals surface area contributed by atoms with Crippen molar-refractivity contribution in [1.82, 2.24) is 5.32 Å². The van der Waals surface area contributed by atoms with Crippen LogP contribution in [-0.2, 0) is 0 Å². The molecule has 0 radical (unpaired) electrons. The first-order valence-corrected chi connectivity index (χ1v) is 6.89. The van der Waals surface area contributed by atoms with E-state index < -0.39 is 24.5 Å². The molecule has 0 saturated carbocycles. The molecule has 1 aromatic rings. The maximum Gasteiger partial charge on any atom is 0.391 e. The van der Waals surface area contributed by atoms with E-state index in [4.69, 9.17) is 0 Å². The second-order valence-electron chi connectivity index (χ2n) is 3.82. The average molecular weight is 436 g/mol. The van der Waals surface area contributed by atoms with Gasteiger partial charge in [0.1, 0.15) is 0 Å². The van der Waals surface area contributed by atoms with Crippen molar-refractivity contribution in [2.75, 3.05) is 0 Å². The lowest BCUT2D eigenvalue weighted by molar-refractivity contribution is -0.138. The van der Waals surface area contributed by atoms with Gasteiger partial charge in [0.25, 0.3) is 5.91 Å². The van der Waals surface area contributed by atoms with E-state index in [0.717, 1.165) is 0 Å². The van der Waals surface area contributed by atoms with Crippen molar-refractivity contribution < 1.29 is 18.0 Å². The molecular formula is C11H10BrF3INO. The van der Waals surface area contributed by atoms with E-state index in [1.54, 1.807) is 18.2 Å². The molecule has 0 aliphatic heterocycles. The summed E-state index contributed by atoms with van der Waals surface area (Å²) < 4.78 is 37.8. The van der Waals surface area contributed by atoms with Crippen molar-refractivity contribution in [2.24, 2.45) is 0 Å². The summed E-state index contributed by atoms with van der Waals surface area (Å²) in [7, 11) is 0. The SMILES string of the molecule is CC(CC(F)(F)F)NC(=O)c1cc(Br)ccc1I. The summed E-state index contributed by atoms with van der Waals surface area (Å²) in [5.74, 6) is -0.502. The molecule has 2 nitrogen and oxygen atoms in total. The van der Waals surface area contributed by atoms with Crippen LogP contribution < -0.4 is 5.32 Å². The summed E-state index contributed by atoms with van der Waals surface area (Å²) in [5, 5.41) is 2.34. The van der Waals surface area contributed by atoms with Gasteiger partial charge in [-0.25, -0.2) is 0 Å². The average Bonchev–Trinajstić information content (AvgIpc) is 2.18. The standard InChI is InChI=1S/C11H10BrF3INO/c1-6(5-11(13,14)15)17-10(18)8-4-7(12)2-3-9(8)16/h2-4,6H,5H2,1H3,(H,17,18). The van der Waals surface area contributed by atoms with E-state index in [-0.39, 0.29) is 0 Å². The molecule has 0 heterocycles. The van der Waals surface area contributed by atoms with Gasteiger partial charge in [-0.15, -0.1) is 0 Å². The first kappa shape index (κ1) is 15.7. The third kappa shape index (κ3) is 5.13. The predicted molar refractivity (Wildman–Crippen MR) is 74.5 cm³/mol. The normalized spacial score (nSPS) is 13.2. The summed E-state index contributed by atoms with van der Waals surface area (Å²) >= 11 is 5.18. The molecule has 1 amide bonds. The van der Waals surface area contributed by atoms with Crippen LogP contribution in [0.15, 0.2) is 22.7 Å². The van der Waals surface area contributed by atoms with Gasteiger partial charge in [-0.05, 0) is 47.7 Å². The Kier molecular flexibility index (Phi) is 5.45. The Labute approximate surface area is 125 Å². The number of carbonyl (C=O) groups is 1. The Bertz CT molecular complexity index is 450. The molecule has 0 aromatic heterocycles. The van der Waals surface area contributed by atoms with Crippen molar-refractivity contribution in [1.29, 1.82) is 0 Å². The lowest BCUT2D eigenvalue weighted by atomic mass is 10.2. The Hall–Kier alpha value is -0.310. The Morgan fingerprint density at radius 2 is 2.11 bits per heavy atom. The molecule has 0 fully saturated rings. The summed E-state index contributed by atoms with van der Waals surface area (Å²) in [4.78, 5) is 11.8. The number of amides is 1. The van der Waals surface area contributed by atoms with Crippen LogP contribution in [0.3, 0.4) is 0 Å². The zero-order valence-electron chi connectivity index (χ0n) is 9.31. The molecule has 0 saturated heterocycles. The highest BCUT2D eigenvalue weighted by Gasteiger charge is 2.30. The topological polar surface area (TPSA) is 29.1 Å². The molecule has 18 heavy (non-hydrogen) atoms. The highest BCUT2D eigenvalue weighted by atomic mass is 127. The largest absolute Gasteiger partial charge is 0.391 e. The molecule has 0 aliphatic carbocycles. The highest BCUT2D eigenvalue weighted by molar-refractivity contribution is 14.1. The van der Waals surface area contributed by atoms with Crippen molar-refractivity contribution >= 4 is 44.4 Å². The molecule has 1 rings (SSSR count). The fourth-order valence-corrected chi connectivity index (χ4v) is 2.31. The lowest BCUT2D eigenvalue weighted by Crippen LogP contribution is -2.36. The summed E-state index contributed by atoms with van der Waals surface area (Å²) in [6, 6.07) is 4.11. The van der Waals surface area contributed by atoms with Gasteiger partial charge in [-0.3, -0.25) is 4.79 Å². The van der Waals surface area contributed by atoms with Gasteiger partial charge in [0.15, 0.2) is 0 Å². The molecule has 100 valence electrons. The van der Waals surface area contributed by atoms with E-state index in [1.807, 2.05) is 22.6 Å². The molecule has 1 aromatic carbocycles. The number of rotatable bonds is 3. The van der Waals surface area contributed by atoms with Gasteiger partial charge in [0.2, 0.25) is 0 Å². The van der Waals surface area contributed by atoms with Crippen LogP contribution in [0.2, 0.25) is 0 Å². The monoisotopic (exact) mass is 435 g/mol. The Balaban J connectivity index is 2.74. The molecule has 0 aliphatic rings. The quantitative estimate of drug-likeness (QED) is 0.711. The number of nitrogens with one attached hydrogen (secondary N) is 1. The van der Waals surface area contributed by atoms with Crippen LogP contribution in [-0.4, -0.2) is 18.1 Å². The minimum Gasteiger partial charge on any atom is -0.349 e. The van der Waals surface area contributed by atoms with Crippen LogP contribution in [0.4, 0.5) is 13.2 Å². The number of alkyl halides is 3. The fourth-order valence-electron chi connectivity index (χ4n) is 1.37. The molecule has 0 spiro atoms. The third-order valence-electron chi connectivity index (χ3n) is 2.09. The second-order valence-corrected chi connectivity index (χ2v) is 5.90. The Morgan fingerprint density at radius 1 is 1.50 bits per heavy atom. The number of hydrogen-bond donors (Lipinski definition) is 1. The van der Waals surface area contributed by atoms with Crippen molar-refractivity contribution in [2.45, 2.75) is 25.6 Å². The molecular weight excluding hydrogens is 426 g/mol. The number of benzene rings is 1. The van der Waals surface area contributed by atoms with Crippen LogP contribution in [0.25, 0.3) is 0 Å². The number of halogens is 5. The van der Waals surface area contributed by atoms with Crippen LogP contribution in [0.1, 0.15) is 23.7 Å². The molecule has 0 bridgehead atoms. The minimum absolute atomic E-state index is 0.360. The van der Waals surface area contributed by atoms with Gasteiger partial charge in [0, 0.05) is 14.1 Å². The fraction of sp³-hybridized carbons (Fsp3) is 0.364. The first-order chi connectivity index (χ1) is 8.19. The van der Waals surface area contributed by atoms with E-state index in [2.05, 4.69) is 21.2 Å². The van der Waals surface area contributed by atoms with Crippen LogP contribution in [0, 0.1) is 3.57 Å². The number of hydrogen-bond acceptors (Lipinski definition) is 1.